The molecular weight excluding hydrogens is 250 g/mol. The van der Waals surface area contributed by atoms with Gasteiger partial charge in [0.1, 0.15) is 0 Å². The zero-order valence-corrected chi connectivity index (χ0v) is 10.5. The van der Waals surface area contributed by atoms with Gasteiger partial charge in [0.25, 0.3) is 0 Å². The molecule has 1 aromatic carbocycles. The van der Waals surface area contributed by atoms with Crippen LogP contribution in [-0.4, -0.2) is 28.7 Å². The smallest absolute Gasteiger partial charge is 0.240 e. The molecule has 0 unspecified atom stereocenters. The van der Waals surface area contributed by atoms with Crippen molar-refractivity contribution in [1.29, 1.82) is 0 Å². The Bertz CT molecular complexity index is 433. The first-order valence-corrected chi connectivity index (χ1v) is 6.66. The van der Waals surface area contributed by atoms with Crippen molar-refractivity contribution in [2.24, 2.45) is 0 Å². The normalized spacial score (nSPS) is 11.6. The molecule has 0 fully saturated rings. The van der Waals surface area contributed by atoms with Crippen molar-refractivity contribution in [2.45, 2.75) is 11.3 Å². The number of sulfonamides is 1. The number of methoxy groups -OCH3 is 1. The van der Waals surface area contributed by atoms with Gasteiger partial charge in [-0.1, -0.05) is 17.7 Å². The maximum Gasteiger partial charge on any atom is 0.240 e. The van der Waals surface area contributed by atoms with Gasteiger partial charge in [0, 0.05) is 25.3 Å². The molecule has 0 saturated heterocycles. The SMILES string of the molecule is COCCCNS(=O)(=O)c1cccc(Cl)c1. The van der Waals surface area contributed by atoms with E-state index in [0.29, 0.717) is 24.6 Å². The van der Waals surface area contributed by atoms with Crippen LogP contribution >= 0.6 is 11.6 Å². The van der Waals surface area contributed by atoms with Gasteiger partial charge in [0.15, 0.2) is 0 Å². The summed E-state index contributed by atoms with van der Waals surface area (Å²) in [5.41, 5.74) is 0. The Labute approximate surface area is 101 Å². The van der Waals surface area contributed by atoms with E-state index < -0.39 is 10.0 Å². The second-order valence-corrected chi connectivity index (χ2v) is 5.40. The fraction of sp³-hybridized carbons (Fsp3) is 0.400. The van der Waals surface area contributed by atoms with Crippen molar-refractivity contribution in [3.63, 3.8) is 0 Å². The maximum atomic E-state index is 11.7. The third-order valence-corrected chi connectivity index (χ3v) is 3.62. The lowest BCUT2D eigenvalue weighted by atomic mass is 10.4. The van der Waals surface area contributed by atoms with Crippen LogP contribution < -0.4 is 4.72 Å². The molecule has 0 aliphatic carbocycles. The fourth-order valence-corrected chi connectivity index (χ4v) is 2.52. The minimum atomic E-state index is -3.45. The summed E-state index contributed by atoms with van der Waals surface area (Å²) in [6.45, 7) is 0.876. The zero-order chi connectivity index (χ0) is 12.0. The molecule has 1 N–H and O–H groups in total. The molecule has 1 rings (SSSR count). The fourth-order valence-electron chi connectivity index (χ4n) is 1.14. The molecule has 0 amide bonds. The molecule has 0 spiro atoms. The molecule has 0 atom stereocenters. The monoisotopic (exact) mass is 263 g/mol. The molecule has 0 saturated carbocycles. The lowest BCUT2D eigenvalue weighted by Gasteiger charge is -2.06. The first-order valence-electron chi connectivity index (χ1n) is 4.80. The molecule has 0 radical (unpaired) electrons. The minimum absolute atomic E-state index is 0.178. The first-order chi connectivity index (χ1) is 7.56. The highest BCUT2D eigenvalue weighted by Gasteiger charge is 2.12. The van der Waals surface area contributed by atoms with E-state index in [-0.39, 0.29) is 4.90 Å². The van der Waals surface area contributed by atoms with E-state index in [0.717, 1.165) is 0 Å². The Morgan fingerprint density at radius 2 is 2.19 bits per heavy atom. The number of halogens is 1. The van der Waals surface area contributed by atoms with Crippen molar-refractivity contribution < 1.29 is 13.2 Å². The van der Waals surface area contributed by atoms with Crippen LogP contribution in [0, 0.1) is 0 Å². The van der Waals surface area contributed by atoms with E-state index in [4.69, 9.17) is 16.3 Å². The second-order valence-electron chi connectivity index (χ2n) is 3.20. The van der Waals surface area contributed by atoms with E-state index >= 15 is 0 Å². The number of rotatable bonds is 6. The highest BCUT2D eigenvalue weighted by Crippen LogP contribution is 2.14. The van der Waals surface area contributed by atoms with Gasteiger partial charge in [0.05, 0.1) is 4.90 Å². The molecule has 6 heteroatoms. The van der Waals surface area contributed by atoms with E-state index in [1.54, 1.807) is 19.2 Å². The van der Waals surface area contributed by atoms with Gasteiger partial charge in [-0.05, 0) is 24.6 Å². The minimum Gasteiger partial charge on any atom is -0.385 e. The zero-order valence-electron chi connectivity index (χ0n) is 8.94. The summed E-state index contributed by atoms with van der Waals surface area (Å²) >= 11 is 5.72. The summed E-state index contributed by atoms with van der Waals surface area (Å²) in [5, 5.41) is 0.403. The molecular formula is C10H14ClNO3S. The number of ether oxygens (including phenoxy) is 1. The van der Waals surface area contributed by atoms with E-state index in [2.05, 4.69) is 4.72 Å². The summed E-state index contributed by atoms with van der Waals surface area (Å²) in [5.74, 6) is 0. The highest BCUT2D eigenvalue weighted by atomic mass is 35.5. The highest BCUT2D eigenvalue weighted by molar-refractivity contribution is 7.89. The van der Waals surface area contributed by atoms with Crippen molar-refractivity contribution >= 4 is 21.6 Å². The Kier molecular flexibility index (Phi) is 5.21. The average Bonchev–Trinajstić information content (AvgIpc) is 2.24. The first kappa shape index (κ1) is 13.4. The number of benzene rings is 1. The topological polar surface area (TPSA) is 55.4 Å². The Balaban J connectivity index is 2.64. The van der Waals surface area contributed by atoms with Crippen LogP contribution in [0.3, 0.4) is 0 Å². The molecule has 0 heterocycles. The van der Waals surface area contributed by atoms with Crippen molar-refractivity contribution in [2.75, 3.05) is 20.3 Å². The van der Waals surface area contributed by atoms with Crippen LogP contribution in [0.4, 0.5) is 0 Å². The maximum absolute atomic E-state index is 11.7. The molecule has 0 aliphatic rings. The predicted octanol–water partition coefficient (Wildman–Crippen LogP) is 1.65. The Morgan fingerprint density at radius 3 is 2.81 bits per heavy atom. The molecule has 1 aromatic rings. The summed E-state index contributed by atoms with van der Waals surface area (Å²) in [4.78, 5) is 0.178. The van der Waals surface area contributed by atoms with E-state index in [9.17, 15) is 8.42 Å². The largest absolute Gasteiger partial charge is 0.385 e. The van der Waals surface area contributed by atoms with E-state index in [1.807, 2.05) is 0 Å². The molecule has 90 valence electrons. The molecule has 0 aliphatic heterocycles. The van der Waals surface area contributed by atoms with Gasteiger partial charge >= 0.3 is 0 Å². The summed E-state index contributed by atoms with van der Waals surface area (Å²) in [6.07, 6.45) is 0.635. The molecule has 4 nitrogen and oxygen atoms in total. The standard InChI is InChI=1S/C10H14ClNO3S/c1-15-7-3-6-12-16(13,14)10-5-2-4-9(11)8-10/h2,4-5,8,12H,3,6-7H2,1H3. The van der Waals surface area contributed by atoms with Gasteiger partial charge in [0.2, 0.25) is 10.0 Å². The van der Waals surface area contributed by atoms with Crippen LogP contribution in [0.15, 0.2) is 29.2 Å². The lowest BCUT2D eigenvalue weighted by molar-refractivity contribution is 0.196. The van der Waals surface area contributed by atoms with Gasteiger partial charge in [-0.3, -0.25) is 0 Å². The quantitative estimate of drug-likeness (QED) is 0.794. The number of nitrogens with one attached hydrogen (secondary N) is 1. The third kappa shape index (κ3) is 4.09. The van der Waals surface area contributed by atoms with Crippen molar-refractivity contribution in [3.05, 3.63) is 29.3 Å². The van der Waals surface area contributed by atoms with Gasteiger partial charge in [-0.15, -0.1) is 0 Å². The van der Waals surface area contributed by atoms with Gasteiger partial charge in [-0.2, -0.15) is 0 Å². The average molecular weight is 264 g/mol. The summed E-state index contributed by atoms with van der Waals surface area (Å²) < 4.78 is 30.8. The lowest BCUT2D eigenvalue weighted by Crippen LogP contribution is -2.25. The van der Waals surface area contributed by atoms with Crippen molar-refractivity contribution in [3.8, 4) is 0 Å². The Morgan fingerprint density at radius 1 is 1.44 bits per heavy atom. The van der Waals surface area contributed by atoms with Crippen LogP contribution in [0.25, 0.3) is 0 Å². The van der Waals surface area contributed by atoms with Gasteiger partial charge < -0.3 is 4.74 Å². The van der Waals surface area contributed by atoms with Crippen molar-refractivity contribution in [1.82, 2.24) is 4.72 Å². The van der Waals surface area contributed by atoms with E-state index in [1.165, 1.54) is 12.1 Å². The second kappa shape index (κ2) is 6.20. The summed E-state index contributed by atoms with van der Waals surface area (Å²) in [7, 11) is -1.88. The number of hydrogen-bond donors (Lipinski definition) is 1. The van der Waals surface area contributed by atoms with Gasteiger partial charge in [-0.25, -0.2) is 13.1 Å². The predicted molar refractivity (Wildman–Crippen MR) is 63.1 cm³/mol. The third-order valence-electron chi connectivity index (χ3n) is 1.92. The molecule has 0 bridgehead atoms. The Hall–Kier alpha value is -0.620. The van der Waals surface area contributed by atoms with Crippen LogP contribution in [0.1, 0.15) is 6.42 Å². The molecule has 16 heavy (non-hydrogen) atoms. The molecule has 0 aromatic heterocycles. The number of hydrogen-bond acceptors (Lipinski definition) is 3. The van der Waals surface area contributed by atoms with Crippen LogP contribution in [0.2, 0.25) is 5.02 Å². The van der Waals surface area contributed by atoms with Crippen LogP contribution in [-0.2, 0) is 14.8 Å². The van der Waals surface area contributed by atoms with Crippen LogP contribution in [0.5, 0.6) is 0 Å². The summed E-state index contributed by atoms with van der Waals surface area (Å²) in [6, 6.07) is 6.16.